The highest BCUT2D eigenvalue weighted by molar-refractivity contribution is 5.31. The molecular weight excluding hydrogens is 127 g/mol. The Morgan fingerprint density at radius 2 is 2.10 bits per heavy atom. The van der Waals surface area contributed by atoms with E-state index in [1.165, 1.54) is 6.08 Å². The molecule has 1 aliphatic rings. The average molecular weight is 136 g/mol. The average Bonchev–Trinajstić information content (AvgIpc) is 2.13. The normalized spacial score (nSPS) is 17.3. The third-order valence-electron chi connectivity index (χ3n) is 1.33. The summed E-state index contributed by atoms with van der Waals surface area (Å²) < 4.78 is 12.6. The molecule has 52 valence electrons. The van der Waals surface area contributed by atoms with Gasteiger partial charge in [0.25, 0.3) is 0 Å². The van der Waals surface area contributed by atoms with Crippen LogP contribution in [0, 0.1) is 0 Å². The highest BCUT2D eigenvalue weighted by atomic mass is 19.1. The van der Waals surface area contributed by atoms with Crippen molar-refractivity contribution < 1.29 is 4.39 Å². The van der Waals surface area contributed by atoms with E-state index in [0.717, 1.165) is 5.57 Å². The fourth-order valence-corrected chi connectivity index (χ4v) is 0.792. The van der Waals surface area contributed by atoms with E-state index in [0.29, 0.717) is 6.42 Å². The fourth-order valence-electron chi connectivity index (χ4n) is 0.792. The Labute approximate surface area is 60.1 Å². The van der Waals surface area contributed by atoms with Gasteiger partial charge in [-0.2, -0.15) is 0 Å². The van der Waals surface area contributed by atoms with Gasteiger partial charge >= 0.3 is 0 Å². The number of rotatable bonds is 1. The molecular formula is C9H9F. The van der Waals surface area contributed by atoms with Gasteiger partial charge < -0.3 is 0 Å². The first kappa shape index (κ1) is 7.00. The molecule has 0 bridgehead atoms. The maximum Gasteiger partial charge on any atom is 0.104 e. The molecule has 0 amide bonds. The summed E-state index contributed by atoms with van der Waals surface area (Å²) in [5, 5.41) is 0. The fraction of sp³-hybridized carbons (Fsp3) is 0.111. The lowest BCUT2D eigenvalue weighted by Crippen LogP contribution is -1.76. The van der Waals surface area contributed by atoms with E-state index in [1.807, 2.05) is 12.2 Å². The van der Waals surface area contributed by atoms with Crippen LogP contribution >= 0.6 is 0 Å². The molecule has 0 fully saturated rings. The number of halogens is 1. The van der Waals surface area contributed by atoms with E-state index >= 15 is 0 Å². The Morgan fingerprint density at radius 3 is 2.80 bits per heavy atom. The molecule has 10 heavy (non-hydrogen) atoms. The molecule has 0 N–H and O–H groups in total. The van der Waals surface area contributed by atoms with E-state index in [1.54, 1.807) is 12.2 Å². The maximum absolute atomic E-state index is 12.6. The topological polar surface area (TPSA) is 0 Å². The highest BCUT2D eigenvalue weighted by Gasteiger charge is 1.97. The Hall–Kier alpha value is -1.11. The van der Waals surface area contributed by atoms with E-state index in [2.05, 4.69) is 6.58 Å². The maximum atomic E-state index is 12.6. The molecule has 0 aliphatic heterocycles. The van der Waals surface area contributed by atoms with Crippen LogP contribution in [0.5, 0.6) is 0 Å². The van der Waals surface area contributed by atoms with Gasteiger partial charge in [0.15, 0.2) is 0 Å². The molecule has 0 unspecified atom stereocenters. The molecule has 0 aromatic heterocycles. The summed E-state index contributed by atoms with van der Waals surface area (Å²) in [6.07, 6.45) is 8.86. The first-order valence-corrected chi connectivity index (χ1v) is 3.17. The van der Waals surface area contributed by atoms with Crippen LogP contribution in [0.3, 0.4) is 0 Å². The summed E-state index contributed by atoms with van der Waals surface area (Å²) in [7, 11) is 0. The predicted molar refractivity (Wildman–Crippen MR) is 41.2 cm³/mol. The molecule has 0 atom stereocenters. The zero-order chi connectivity index (χ0) is 7.40. The van der Waals surface area contributed by atoms with Crippen molar-refractivity contribution in [2.45, 2.75) is 6.42 Å². The molecule has 1 aliphatic carbocycles. The second-order valence-electron chi connectivity index (χ2n) is 2.12. The van der Waals surface area contributed by atoms with Crippen molar-refractivity contribution >= 4 is 0 Å². The van der Waals surface area contributed by atoms with Crippen LogP contribution < -0.4 is 0 Å². The zero-order valence-corrected chi connectivity index (χ0v) is 5.68. The number of hydrogen-bond donors (Lipinski definition) is 0. The lowest BCUT2D eigenvalue weighted by molar-refractivity contribution is 0.614. The van der Waals surface area contributed by atoms with Crippen LogP contribution in [0.1, 0.15) is 6.42 Å². The Kier molecular flexibility index (Phi) is 2.21. The largest absolute Gasteiger partial charge is 0.211 e. The summed E-state index contributed by atoms with van der Waals surface area (Å²) >= 11 is 0. The van der Waals surface area contributed by atoms with Crippen LogP contribution in [-0.4, -0.2) is 0 Å². The summed E-state index contributed by atoms with van der Waals surface area (Å²) in [5.74, 6) is -0.111. The van der Waals surface area contributed by atoms with E-state index < -0.39 is 0 Å². The lowest BCUT2D eigenvalue weighted by Gasteiger charge is -1.93. The van der Waals surface area contributed by atoms with Gasteiger partial charge in [-0.1, -0.05) is 30.9 Å². The SMILES string of the molecule is C=CC1=CC=CC=C(F)C1. The van der Waals surface area contributed by atoms with Crippen LogP contribution in [0.25, 0.3) is 0 Å². The van der Waals surface area contributed by atoms with Gasteiger partial charge in [-0.15, -0.1) is 0 Å². The minimum atomic E-state index is -0.111. The summed E-state index contributed by atoms with van der Waals surface area (Å²) in [6.45, 7) is 3.56. The van der Waals surface area contributed by atoms with Gasteiger partial charge in [-0.25, -0.2) is 4.39 Å². The van der Waals surface area contributed by atoms with Gasteiger partial charge in [0.05, 0.1) is 0 Å². The molecule has 0 aromatic rings. The molecule has 0 nitrogen and oxygen atoms in total. The van der Waals surface area contributed by atoms with Crippen molar-refractivity contribution in [1.29, 1.82) is 0 Å². The Balaban J connectivity index is 2.81. The molecule has 0 saturated carbocycles. The van der Waals surface area contributed by atoms with Gasteiger partial charge in [0, 0.05) is 6.42 Å². The predicted octanol–water partition coefficient (Wildman–Crippen LogP) is 2.91. The second-order valence-corrected chi connectivity index (χ2v) is 2.12. The zero-order valence-electron chi connectivity index (χ0n) is 5.68. The third-order valence-corrected chi connectivity index (χ3v) is 1.33. The molecule has 0 aromatic carbocycles. The van der Waals surface area contributed by atoms with Crippen LogP contribution in [0.15, 0.2) is 48.4 Å². The van der Waals surface area contributed by atoms with Crippen LogP contribution in [0.2, 0.25) is 0 Å². The number of hydrogen-bond acceptors (Lipinski definition) is 0. The summed E-state index contributed by atoms with van der Waals surface area (Å²) in [5.41, 5.74) is 0.919. The Bertz CT molecular complexity index is 219. The van der Waals surface area contributed by atoms with Crippen LogP contribution in [0.4, 0.5) is 4.39 Å². The monoisotopic (exact) mass is 136 g/mol. The third kappa shape index (κ3) is 1.69. The first-order chi connectivity index (χ1) is 4.83. The van der Waals surface area contributed by atoms with E-state index in [4.69, 9.17) is 0 Å². The van der Waals surface area contributed by atoms with Crippen molar-refractivity contribution in [1.82, 2.24) is 0 Å². The van der Waals surface area contributed by atoms with Crippen molar-refractivity contribution in [3.63, 3.8) is 0 Å². The van der Waals surface area contributed by atoms with Gasteiger partial charge in [0.1, 0.15) is 5.83 Å². The number of allylic oxidation sites excluding steroid dienone is 7. The summed E-state index contributed by atoms with van der Waals surface area (Å²) in [6, 6.07) is 0. The van der Waals surface area contributed by atoms with Crippen molar-refractivity contribution in [2.24, 2.45) is 0 Å². The van der Waals surface area contributed by atoms with Gasteiger partial charge in [0.2, 0.25) is 0 Å². The molecule has 0 heterocycles. The molecule has 0 spiro atoms. The van der Waals surface area contributed by atoms with Crippen molar-refractivity contribution in [3.8, 4) is 0 Å². The minimum Gasteiger partial charge on any atom is -0.211 e. The second kappa shape index (κ2) is 3.16. The van der Waals surface area contributed by atoms with Crippen LogP contribution in [-0.2, 0) is 0 Å². The summed E-state index contributed by atoms with van der Waals surface area (Å²) in [4.78, 5) is 0. The molecule has 1 heteroatoms. The van der Waals surface area contributed by atoms with Gasteiger partial charge in [-0.05, 0) is 11.6 Å². The first-order valence-electron chi connectivity index (χ1n) is 3.17. The lowest BCUT2D eigenvalue weighted by atomic mass is 10.2. The van der Waals surface area contributed by atoms with E-state index in [9.17, 15) is 4.39 Å². The smallest absolute Gasteiger partial charge is 0.104 e. The van der Waals surface area contributed by atoms with Crippen molar-refractivity contribution in [2.75, 3.05) is 0 Å². The standard InChI is InChI=1S/C9H9F/c1-2-8-5-3-4-6-9(10)7-8/h2-6H,1,7H2. The quantitative estimate of drug-likeness (QED) is 0.520. The van der Waals surface area contributed by atoms with Gasteiger partial charge in [-0.3, -0.25) is 0 Å². The highest BCUT2D eigenvalue weighted by Crippen LogP contribution is 2.15. The molecule has 1 rings (SSSR count). The van der Waals surface area contributed by atoms with E-state index in [-0.39, 0.29) is 5.83 Å². The Morgan fingerprint density at radius 1 is 1.40 bits per heavy atom. The van der Waals surface area contributed by atoms with Crippen molar-refractivity contribution in [3.05, 3.63) is 48.4 Å². The molecule has 0 saturated heterocycles. The molecule has 0 radical (unpaired) electrons. The minimum absolute atomic E-state index is 0.111.